The van der Waals surface area contributed by atoms with Gasteiger partial charge in [0.2, 0.25) is 0 Å². The molecule has 0 bridgehead atoms. The van der Waals surface area contributed by atoms with Gasteiger partial charge in [-0.3, -0.25) is 0 Å². The summed E-state index contributed by atoms with van der Waals surface area (Å²) in [7, 11) is 0. The van der Waals surface area contributed by atoms with Crippen LogP contribution in [0.1, 0.15) is 46.5 Å². The summed E-state index contributed by atoms with van der Waals surface area (Å²) in [4.78, 5) is 0. The average Bonchev–Trinajstić information content (AvgIpc) is 2.81. The van der Waals surface area contributed by atoms with Gasteiger partial charge >= 0.3 is 0 Å². The lowest BCUT2D eigenvalue weighted by atomic mass is 10.1. The van der Waals surface area contributed by atoms with E-state index >= 15 is 0 Å². The fourth-order valence-corrected chi connectivity index (χ4v) is 3.50. The maximum Gasteiger partial charge on any atom is 0.0897 e. The first-order chi connectivity index (χ1) is 9.01. The Hall–Kier alpha value is 0.230. The summed E-state index contributed by atoms with van der Waals surface area (Å²) in [6.45, 7) is 7.57. The van der Waals surface area contributed by atoms with Gasteiger partial charge in [0.1, 0.15) is 0 Å². The Morgan fingerprint density at radius 1 is 1.32 bits per heavy atom. The largest absolute Gasteiger partial charge is 0.389 e. The minimum atomic E-state index is -0.386. The molecule has 2 N–H and O–H groups in total. The van der Waals surface area contributed by atoms with Gasteiger partial charge in [0.05, 0.1) is 18.8 Å². The molecular formula is C15H31NO2S. The zero-order chi connectivity index (χ0) is 14.3. The molecule has 0 heterocycles. The van der Waals surface area contributed by atoms with Crippen molar-refractivity contribution in [3.05, 3.63) is 0 Å². The summed E-state index contributed by atoms with van der Waals surface area (Å²) in [5.41, 5.74) is 0. The quantitative estimate of drug-likeness (QED) is 0.685. The first-order valence-corrected chi connectivity index (χ1v) is 8.85. The molecule has 0 spiro atoms. The molecule has 1 rings (SSSR count). The summed E-state index contributed by atoms with van der Waals surface area (Å²) in [5.74, 6) is 0.646. The van der Waals surface area contributed by atoms with Crippen molar-refractivity contribution in [2.75, 3.05) is 19.4 Å². The Morgan fingerprint density at radius 3 is 2.63 bits per heavy atom. The Labute approximate surface area is 122 Å². The second kappa shape index (κ2) is 9.22. The van der Waals surface area contributed by atoms with Crippen LogP contribution in [0.4, 0.5) is 0 Å². The third-order valence-corrected chi connectivity index (χ3v) is 4.83. The molecule has 0 aromatic carbocycles. The lowest BCUT2D eigenvalue weighted by molar-refractivity contribution is -0.00920. The van der Waals surface area contributed by atoms with E-state index in [0.29, 0.717) is 25.1 Å². The van der Waals surface area contributed by atoms with E-state index < -0.39 is 0 Å². The van der Waals surface area contributed by atoms with Crippen molar-refractivity contribution in [1.29, 1.82) is 0 Å². The second-order valence-electron chi connectivity index (χ2n) is 6.20. The van der Waals surface area contributed by atoms with Crippen LogP contribution in [0.2, 0.25) is 0 Å². The molecule has 114 valence electrons. The maximum absolute atomic E-state index is 9.92. The van der Waals surface area contributed by atoms with Crippen molar-refractivity contribution in [3.63, 3.8) is 0 Å². The second-order valence-corrected chi connectivity index (χ2v) is 7.34. The van der Waals surface area contributed by atoms with Crippen molar-refractivity contribution in [2.24, 2.45) is 5.92 Å². The lowest BCUT2D eigenvalue weighted by Crippen LogP contribution is -2.37. The van der Waals surface area contributed by atoms with Crippen molar-refractivity contribution < 1.29 is 9.84 Å². The van der Waals surface area contributed by atoms with Gasteiger partial charge in [0.25, 0.3) is 0 Å². The Bertz CT molecular complexity index is 238. The van der Waals surface area contributed by atoms with Gasteiger partial charge in [-0.1, -0.05) is 13.8 Å². The smallest absolute Gasteiger partial charge is 0.0897 e. The van der Waals surface area contributed by atoms with Gasteiger partial charge in [-0.15, -0.1) is 0 Å². The van der Waals surface area contributed by atoms with Crippen LogP contribution in [0.3, 0.4) is 0 Å². The van der Waals surface area contributed by atoms with Crippen LogP contribution in [0.25, 0.3) is 0 Å². The Kier molecular flexibility index (Phi) is 8.38. The molecular weight excluding hydrogens is 258 g/mol. The van der Waals surface area contributed by atoms with Crippen LogP contribution in [0, 0.1) is 5.92 Å². The van der Waals surface area contributed by atoms with Crippen molar-refractivity contribution >= 4 is 11.8 Å². The molecule has 0 amide bonds. The molecule has 1 saturated carbocycles. The number of aliphatic hydroxyl groups is 1. The molecule has 4 heteroatoms. The van der Waals surface area contributed by atoms with E-state index in [1.165, 1.54) is 19.3 Å². The third kappa shape index (κ3) is 7.54. The summed E-state index contributed by atoms with van der Waals surface area (Å²) in [5, 5.41) is 14.2. The van der Waals surface area contributed by atoms with Crippen LogP contribution in [-0.2, 0) is 4.74 Å². The van der Waals surface area contributed by atoms with Gasteiger partial charge in [0, 0.05) is 17.8 Å². The van der Waals surface area contributed by atoms with Crippen LogP contribution in [0.15, 0.2) is 0 Å². The SMILES string of the molecule is CSC1CCC(NCC(O)COC(C)CC(C)C)C1. The highest BCUT2D eigenvalue weighted by Gasteiger charge is 2.23. The topological polar surface area (TPSA) is 41.5 Å². The number of aliphatic hydroxyl groups excluding tert-OH is 1. The number of rotatable bonds is 9. The van der Waals surface area contributed by atoms with E-state index in [1.807, 2.05) is 11.8 Å². The van der Waals surface area contributed by atoms with Crippen molar-refractivity contribution in [1.82, 2.24) is 5.32 Å². The molecule has 0 aromatic heterocycles. The van der Waals surface area contributed by atoms with Gasteiger partial charge in [-0.05, 0) is 44.8 Å². The van der Waals surface area contributed by atoms with Crippen LogP contribution >= 0.6 is 11.8 Å². The van der Waals surface area contributed by atoms with Gasteiger partial charge < -0.3 is 15.2 Å². The number of thioether (sulfide) groups is 1. The van der Waals surface area contributed by atoms with Crippen molar-refractivity contribution in [3.8, 4) is 0 Å². The minimum absolute atomic E-state index is 0.238. The summed E-state index contributed by atoms with van der Waals surface area (Å²) >= 11 is 1.96. The van der Waals surface area contributed by atoms with E-state index in [2.05, 4.69) is 32.3 Å². The van der Waals surface area contributed by atoms with E-state index in [-0.39, 0.29) is 12.2 Å². The molecule has 1 fully saturated rings. The van der Waals surface area contributed by atoms with Gasteiger partial charge in [-0.2, -0.15) is 11.8 Å². The zero-order valence-electron chi connectivity index (χ0n) is 12.9. The first-order valence-electron chi connectivity index (χ1n) is 7.57. The zero-order valence-corrected chi connectivity index (χ0v) is 13.7. The summed E-state index contributed by atoms with van der Waals surface area (Å²) in [6, 6.07) is 0.584. The third-order valence-electron chi connectivity index (χ3n) is 3.74. The summed E-state index contributed by atoms with van der Waals surface area (Å²) < 4.78 is 5.68. The fraction of sp³-hybridized carbons (Fsp3) is 1.00. The predicted molar refractivity (Wildman–Crippen MR) is 83.8 cm³/mol. The van der Waals surface area contributed by atoms with E-state index in [0.717, 1.165) is 11.7 Å². The molecule has 0 aromatic rings. The van der Waals surface area contributed by atoms with E-state index in [1.54, 1.807) is 0 Å². The molecule has 0 saturated heterocycles. The molecule has 1 aliphatic rings. The molecule has 4 unspecified atom stereocenters. The molecule has 0 radical (unpaired) electrons. The molecule has 3 nitrogen and oxygen atoms in total. The highest BCUT2D eigenvalue weighted by atomic mass is 32.2. The molecule has 0 aliphatic heterocycles. The van der Waals surface area contributed by atoms with E-state index in [4.69, 9.17) is 4.74 Å². The highest BCUT2D eigenvalue weighted by Crippen LogP contribution is 2.27. The fourth-order valence-electron chi connectivity index (χ4n) is 2.71. The minimum Gasteiger partial charge on any atom is -0.389 e. The molecule has 4 atom stereocenters. The van der Waals surface area contributed by atoms with Crippen LogP contribution in [-0.4, -0.2) is 48.0 Å². The Morgan fingerprint density at radius 2 is 2.05 bits per heavy atom. The Balaban J connectivity index is 2.06. The standard InChI is InChI=1S/C15H31NO2S/c1-11(2)7-12(3)18-10-14(17)9-16-13-5-6-15(8-13)19-4/h11-17H,5-10H2,1-4H3. The first kappa shape index (κ1) is 17.3. The van der Waals surface area contributed by atoms with Gasteiger partial charge in [-0.25, -0.2) is 0 Å². The maximum atomic E-state index is 9.92. The molecule has 19 heavy (non-hydrogen) atoms. The molecule has 1 aliphatic carbocycles. The van der Waals surface area contributed by atoms with E-state index in [9.17, 15) is 5.11 Å². The average molecular weight is 289 g/mol. The van der Waals surface area contributed by atoms with Crippen LogP contribution in [0.5, 0.6) is 0 Å². The monoisotopic (exact) mass is 289 g/mol. The summed E-state index contributed by atoms with van der Waals surface area (Å²) in [6.07, 6.45) is 6.87. The normalized spacial score (nSPS) is 26.8. The number of hydrogen-bond donors (Lipinski definition) is 2. The number of ether oxygens (including phenoxy) is 1. The number of nitrogens with one attached hydrogen (secondary N) is 1. The van der Waals surface area contributed by atoms with Crippen LogP contribution < -0.4 is 5.32 Å². The predicted octanol–water partition coefficient (Wildman–Crippen LogP) is 2.67. The van der Waals surface area contributed by atoms with Gasteiger partial charge in [0.15, 0.2) is 0 Å². The van der Waals surface area contributed by atoms with Crippen molar-refractivity contribution in [2.45, 2.75) is 70.0 Å². The highest BCUT2D eigenvalue weighted by molar-refractivity contribution is 7.99. The lowest BCUT2D eigenvalue weighted by Gasteiger charge is -2.20. The number of hydrogen-bond acceptors (Lipinski definition) is 4.